The molecule has 110 valence electrons. The number of aliphatic hydroxyl groups excluding tert-OH is 1. The van der Waals surface area contributed by atoms with Crippen molar-refractivity contribution >= 4 is 11.6 Å². The van der Waals surface area contributed by atoms with Crippen LogP contribution in [0.3, 0.4) is 0 Å². The fourth-order valence-electron chi connectivity index (χ4n) is 2.84. The third-order valence-electron chi connectivity index (χ3n) is 4.21. The summed E-state index contributed by atoms with van der Waals surface area (Å²) in [7, 11) is 0. The van der Waals surface area contributed by atoms with E-state index in [-0.39, 0.29) is 6.10 Å². The summed E-state index contributed by atoms with van der Waals surface area (Å²) < 4.78 is 0. The maximum atomic E-state index is 9.87. The molecule has 2 fully saturated rings. The van der Waals surface area contributed by atoms with E-state index in [1.807, 2.05) is 6.07 Å². The van der Waals surface area contributed by atoms with Crippen molar-refractivity contribution in [2.24, 2.45) is 5.92 Å². The molecule has 2 saturated carbocycles. The second-order valence-corrected chi connectivity index (χ2v) is 5.94. The van der Waals surface area contributed by atoms with Gasteiger partial charge in [-0.15, -0.1) is 0 Å². The van der Waals surface area contributed by atoms with Crippen LogP contribution in [0, 0.1) is 5.92 Å². The van der Waals surface area contributed by atoms with Gasteiger partial charge in [0.05, 0.1) is 6.10 Å². The summed E-state index contributed by atoms with van der Waals surface area (Å²) in [4.78, 5) is 9.19. The van der Waals surface area contributed by atoms with Crippen molar-refractivity contribution in [2.45, 2.75) is 51.0 Å². The Morgan fingerprint density at radius 2 is 1.90 bits per heavy atom. The van der Waals surface area contributed by atoms with Gasteiger partial charge in [-0.05, 0) is 32.6 Å². The van der Waals surface area contributed by atoms with E-state index in [1.165, 1.54) is 12.8 Å². The maximum Gasteiger partial charge on any atom is 0.136 e. The monoisotopic (exact) mass is 276 g/mol. The summed E-state index contributed by atoms with van der Waals surface area (Å²) in [6.07, 6.45) is 5.43. The lowest BCUT2D eigenvalue weighted by Gasteiger charge is -2.16. The Balaban J connectivity index is 1.67. The number of hydrogen-bond donors (Lipinski definition) is 3. The molecule has 3 N–H and O–H groups in total. The summed E-state index contributed by atoms with van der Waals surface area (Å²) in [5.41, 5.74) is 0. The minimum Gasteiger partial charge on any atom is -0.393 e. The van der Waals surface area contributed by atoms with Gasteiger partial charge in [-0.3, -0.25) is 0 Å². The average molecular weight is 276 g/mol. The maximum absolute atomic E-state index is 9.87. The lowest BCUT2D eigenvalue weighted by atomic mass is 10.1. The van der Waals surface area contributed by atoms with Crippen LogP contribution in [0.15, 0.2) is 6.07 Å². The van der Waals surface area contributed by atoms with Crippen molar-refractivity contribution in [3.8, 4) is 0 Å². The molecule has 0 aromatic carbocycles. The standard InChI is InChI=1S/C15H24N4O/c1-2-16-13-8-14(19-15(18-13)10-6-7-10)17-9-11-4-3-5-12(11)20/h8,10-12,20H,2-7,9H2,1H3,(H2,16,17,18,19). The van der Waals surface area contributed by atoms with Crippen molar-refractivity contribution in [1.29, 1.82) is 0 Å². The minimum absolute atomic E-state index is 0.152. The van der Waals surface area contributed by atoms with Crippen molar-refractivity contribution in [3.05, 3.63) is 11.9 Å². The molecule has 2 aliphatic rings. The van der Waals surface area contributed by atoms with Crippen molar-refractivity contribution in [1.82, 2.24) is 9.97 Å². The van der Waals surface area contributed by atoms with Crippen LogP contribution in [0.2, 0.25) is 0 Å². The molecule has 5 nitrogen and oxygen atoms in total. The number of nitrogens with zero attached hydrogens (tertiary/aromatic N) is 2. The molecule has 20 heavy (non-hydrogen) atoms. The van der Waals surface area contributed by atoms with Gasteiger partial charge in [0.25, 0.3) is 0 Å². The van der Waals surface area contributed by atoms with Crippen LogP contribution in [-0.4, -0.2) is 34.3 Å². The largest absolute Gasteiger partial charge is 0.393 e. The first-order valence-corrected chi connectivity index (χ1v) is 7.81. The van der Waals surface area contributed by atoms with Crippen LogP contribution in [0.4, 0.5) is 11.6 Å². The Labute approximate surface area is 120 Å². The SMILES string of the molecule is CCNc1cc(NCC2CCCC2O)nc(C2CC2)n1. The minimum atomic E-state index is -0.152. The topological polar surface area (TPSA) is 70.1 Å². The molecular formula is C15H24N4O. The quantitative estimate of drug-likeness (QED) is 0.744. The second-order valence-electron chi connectivity index (χ2n) is 5.94. The van der Waals surface area contributed by atoms with Gasteiger partial charge in [0.15, 0.2) is 0 Å². The second kappa shape index (κ2) is 5.95. The molecule has 1 aromatic heterocycles. The number of hydrogen-bond acceptors (Lipinski definition) is 5. The van der Waals surface area contributed by atoms with Crippen molar-refractivity contribution < 1.29 is 5.11 Å². The Bertz CT molecular complexity index is 461. The molecule has 0 radical (unpaired) electrons. The number of anilines is 2. The van der Waals surface area contributed by atoms with Crippen molar-refractivity contribution in [2.75, 3.05) is 23.7 Å². The highest BCUT2D eigenvalue weighted by molar-refractivity contribution is 5.48. The zero-order valence-corrected chi connectivity index (χ0v) is 12.1. The zero-order valence-electron chi connectivity index (χ0n) is 12.1. The normalized spacial score (nSPS) is 25.7. The molecule has 0 aliphatic heterocycles. The predicted molar refractivity (Wildman–Crippen MR) is 80.0 cm³/mol. The Hall–Kier alpha value is -1.36. The van der Waals surface area contributed by atoms with Crippen LogP contribution in [0.25, 0.3) is 0 Å². The first-order valence-electron chi connectivity index (χ1n) is 7.81. The number of rotatable bonds is 6. The van der Waals surface area contributed by atoms with Crippen LogP contribution >= 0.6 is 0 Å². The van der Waals surface area contributed by atoms with E-state index in [4.69, 9.17) is 0 Å². The molecule has 5 heteroatoms. The molecule has 0 spiro atoms. The summed E-state index contributed by atoms with van der Waals surface area (Å²) in [5, 5.41) is 16.5. The Morgan fingerprint density at radius 3 is 2.50 bits per heavy atom. The zero-order chi connectivity index (χ0) is 13.9. The van der Waals surface area contributed by atoms with E-state index in [9.17, 15) is 5.11 Å². The highest BCUT2D eigenvalue weighted by atomic mass is 16.3. The van der Waals surface area contributed by atoms with Crippen LogP contribution in [0.1, 0.15) is 50.8 Å². The third-order valence-corrected chi connectivity index (χ3v) is 4.21. The molecule has 0 saturated heterocycles. The Morgan fingerprint density at radius 1 is 1.15 bits per heavy atom. The molecule has 1 heterocycles. The first-order chi connectivity index (χ1) is 9.76. The van der Waals surface area contributed by atoms with Gasteiger partial charge in [-0.2, -0.15) is 0 Å². The van der Waals surface area contributed by atoms with Gasteiger partial charge in [0.1, 0.15) is 17.5 Å². The van der Waals surface area contributed by atoms with E-state index in [1.54, 1.807) is 0 Å². The summed E-state index contributed by atoms with van der Waals surface area (Å²) in [6.45, 7) is 3.73. The van der Waals surface area contributed by atoms with E-state index in [0.29, 0.717) is 11.8 Å². The molecule has 1 aromatic rings. The molecule has 2 unspecified atom stereocenters. The third kappa shape index (κ3) is 3.20. The number of aromatic nitrogens is 2. The summed E-state index contributed by atoms with van der Waals surface area (Å²) in [6, 6.07) is 1.97. The van der Waals surface area contributed by atoms with Gasteiger partial charge in [-0.25, -0.2) is 9.97 Å². The van der Waals surface area contributed by atoms with Crippen LogP contribution in [0.5, 0.6) is 0 Å². The van der Waals surface area contributed by atoms with E-state index < -0.39 is 0 Å². The summed E-state index contributed by atoms with van der Waals surface area (Å²) >= 11 is 0. The molecular weight excluding hydrogens is 252 g/mol. The van der Waals surface area contributed by atoms with Gasteiger partial charge >= 0.3 is 0 Å². The molecule has 0 bridgehead atoms. The van der Waals surface area contributed by atoms with E-state index in [2.05, 4.69) is 27.5 Å². The fourth-order valence-corrected chi connectivity index (χ4v) is 2.84. The average Bonchev–Trinajstić information content (AvgIpc) is 3.21. The highest BCUT2D eigenvalue weighted by Crippen LogP contribution is 2.38. The molecule has 2 atom stereocenters. The molecule has 2 aliphatic carbocycles. The van der Waals surface area contributed by atoms with Gasteiger partial charge < -0.3 is 15.7 Å². The Kier molecular flexibility index (Phi) is 4.05. The lowest BCUT2D eigenvalue weighted by Crippen LogP contribution is -2.22. The number of aliphatic hydroxyl groups is 1. The molecule has 3 rings (SSSR count). The lowest BCUT2D eigenvalue weighted by molar-refractivity contribution is 0.138. The smallest absolute Gasteiger partial charge is 0.136 e. The van der Waals surface area contributed by atoms with Crippen molar-refractivity contribution in [3.63, 3.8) is 0 Å². The van der Waals surface area contributed by atoms with E-state index >= 15 is 0 Å². The van der Waals surface area contributed by atoms with Gasteiger partial charge in [0, 0.05) is 31.0 Å². The predicted octanol–water partition coefficient (Wildman–Crippen LogP) is 2.36. The highest BCUT2D eigenvalue weighted by Gasteiger charge is 2.28. The molecule has 0 amide bonds. The van der Waals surface area contributed by atoms with E-state index in [0.717, 1.165) is 49.8 Å². The fraction of sp³-hybridized carbons (Fsp3) is 0.733. The number of nitrogens with one attached hydrogen (secondary N) is 2. The van der Waals surface area contributed by atoms with Crippen LogP contribution < -0.4 is 10.6 Å². The van der Waals surface area contributed by atoms with Gasteiger partial charge in [-0.1, -0.05) is 6.42 Å². The van der Waals surface area contributed by atoms with Gasteiger partial charge in [0.2, 0.25) is 0 Å². The summed E-state index contributed by atoms with van der Waals surface area (Å²) in [5.74, 6) is 3.65. The first kappa shape index (κ1) is 13.6. The van der Waals surface area contributed by atoms with Crippen LogP contribution in [-0.2, 0) is 0 Å².